The number of hydrogen-bond acceptors (Lipinski definition) is 5. The minimum Gasteiger partial charge on any atom is -0.497 e. The minimum atomic E-state index is -0.471. The molecule has 124 valence electrons. The highest BCUT2D eigenvalue weighted by atomic mass is 16.5. The summed E-state index contributed by atoms with van der Waals surface area (Å²) in [4.78, 5) is 20.5. The van der Waals surface area contributed by atoms with Crippen LogP contribution in [0.3, 0.4) is 0 Å². The zero-order chi connectivity index (χ0) is 17.4. The lowest BCUT2D eigenvalue weighted by Gasteiger charge is -2.05. The predicted molar refractivity (Wildman–Crippen MR) is 93.8 cm³/mol. The molecule has 0 aliphatic rings. The van der Waals surface area contributed by atoms with Gasteiger partial charge in [-0.2, -0.15) is 0 Å². The van der Waals surface area contributed by atoms with Gasteiger partial charge in [0.05, 0.1) is 19.7 Å². The molecule has 1 aromatic carbocycles. The number of pyridine rings is 1. The molecule has 0 radical (unpaired) electrons. The minimum absolute atomic E-state index is 0.257. The van der Waals surface area contributed by atoms with E-state index >= 15 is 0 Å². The normalized spacial score (nSPS) is 11.0. The van der Waals surface area contributed by atoms with Crippen LogP contribution in [0.15, 0.2) is 55.0 Å². The summed E-state index contributed by atoms with van der Waals surface area (Å²) >= 11 is 0. The molecule has 4 aromatic rings. The summed E-state index contributed by atoms with van der Waals surface area (Å²) in [5.41, 5.74) is 3.87. The number of esters is 1. The highest BCUT2D eigenvalue weighted by molar-refractivity contribution is 6.05. The summed E-state index contributed by atoms with van der Waals surface area (Å²) < 4.78 is 11.9. The van der Waals surface area contributed by atoms with Crippen molar-refractivity contribution >= 4 is 22.5 Å². The second-order valence-electron chi connectivity index (χ2n) is 5.50. The van der Waals surface area contributed by atoms with Gasteiger partial charge in [-0.15, -0.1) is 0 Å². The Balaban J connectivity index is 2.05. The molecule has 25 heavy (non-hydrogen) atoms. The van der Waals surface area contributed by atoms with E-state index in [0.29, 0.717) is 0 Å². The lowest BCUT2D eigenvalue weighted by molar-refractivity contribution is 0.0594. The summed E-state index contributed by atoms with van der Waals surface area (Å²) in [5.74, 6) is 0.313. The maximum absolute atomic E-state index is 11.9. The highest BCUT2D eigenvalue weighted by Crippen LogP contribution is 2.35. The van der Waals surface area contributed by atoms with Gasteiger partial charge in [-0.05, 0) is 35.9 Å². The van der Waals surface area contributed by atoms with Crippen LogP contribution in [-0.2, 0) is 4.74 Å². The molecule has 6 heteroatoms. The molecule has 4 rings (SSSR count). The van der Waals surface area contributed by atoms with Crippen molar-refractivity contribution in [1.29, 1.82) is 0 Å². The van der Waals surface area contributed by atoms with E-state index < -0.39 is 5.97 Å². The fourth-order valence-electron chi connectivity index (χ4n) is 2.98. The Bertz CT molecular complexity index is 1080. The summed E-state index contributed by atoms with van der Waals surface area (Å²) in [5, 5.41) is 0.983. The van der Waals surface area contributed by atoms with Crippen molar-refractivity contribution in [2.45, 2.75) is 0 Å². The third kappa shape index (κ3) is 2.39. The average molecular weight is 333 g/mol. The van der Waals surface area contributed by atoms with E-state index in [4.69, 9.17) is 9.47 Å². The predicted octanol–water partition coefficient (Wildman–Crippen LogP) is 3.34. The Morgan fingerprint density at radius 2 is 1.88 bits per heavy atom. The number of benzene rings is 1. The lowest BCUT2D eigenvalue weighted by atomic mass is 10.0. The molecule has 3 aromatic heterocycles. The second kappa shape index (κ2) is 5.90. The molecule has 0 aliphatic carbocycles. The van der Waals surface area contributed by atoms with Crippen LogP contribution in [0.25, 0.3) is 27.7 Å². The zero-order valence-electron chi connectivity index (χ0n) is 13.8. The van der Waals surface area contributed by atoms with Crippen LogP contribution in [0.4, 0.5) is 0 Å². The van der Waals surface area contributed by atoms with E-state index in [0.717, 1.165) is 33.4 Å². The van der Waals surface area contributed by atoms with Gasteiger partial charge in [0.25, 0.3) is 0 Å². The van der Waals surface area contributed by atoms with Gasteiger partial charge in [-0.25, -0.2) is 14.8 Å². The Morgan fingerprint density at radius 3 is 2.60 bits per heavy atom. The molecule has 0 bridgehead atoms. The van der Waals surface area contributed by atoms with Crippen LogP contribution in [0.5, 0.6) is 5.75 Å². The number of aromatic nitrogens is 3. The maximum atomic E-state index is 11.9. The largest absolute Gasteiger partial charge is 0.497 e. The van der Waals surface area contributed by atoms with Gasteiger partial charge in [-0.1, -0.05) is 12.1 Å². The number of fused-ring (bicyclic) bond motifs is 3. The molecular formula is C19H15N3O3. The Labute approximate surface area is 143 Å². The van der Waals surface area contributed by atoms with Crippen LogP contribution in [0.2, 0.25) is 0 Å². The van der Waals surface area contributed by atoms with Gasteiger partial charge in [0, 0.05) is 17.1 Å². The van der Waals surface area contributed by atoms with Gasteiger partial charge in [0.15, 0.2) is 5.69 Å². The van der Waals surface area contributed by atoms with Gasteiger partial charge >= 0.3 is 5.97 Å². The fraction of sp³-hybridized carbons (Fsp3) is 0.105. The van der Waals surface area contributed by atoms with E-state index in [1.807, 2.05) is 40.8 Å². The van der Waals surface area contributed by atoms with Crippen molar-refractivity contribution in [2.24, 2.45) is 0 Å². The average Bonchev–Trinajstić information content (AvgIpc) is 3.01. The topological polar surface area (TPSA) is 65.7 Å². The first-order valence-electron chi connectivity index (χ1n) is 7.70. The second-order valence-corrected chi connectivity index (χ2v) is 5.50. The third-order valence-corrected chi connectivity index (χ3v) is 4.16. The fourth-order valence-corrected chi connectivity index (χ4v) is 2.98. The number of carbonyl (C=O) groups excluding carboxylic acids is 1. The van der Waals surface area contributed by atoms with Gasteiger partial charge in [0.2, 0.25) is 0 Å². The molecule has 0 unspecified atom stereocenters. The van der Waals surface area contributed by atoms with Crippen LogP contribution < -0.4 is 4.74 Å². The van der Waals surface area contributed by atoms with Crippen molar-refractivity contribution in [3.05, 3.63) is 60.7 Å². The maximum Gasteiger partial charge on any atom is 0.356 e. The lowest BCUT2D eigenvalue weighted by Crippen LogP contribution is -2.05. The summed E-state index contributed by atoms with van der Waals surface area (Å²) in [7, 11) is 2.98. The summed E-state index contributed by atoms with van der Waals surface area (Å²) in [6.07, 6.45) is 3.34. The number of ether oxygens (including phenoxy) is 2. The summed E-state index contributed by atoms with van der Waals surface area (Å²) in [6.45, 7) is 0. The molecule has 0 atom stereocenters. The molecule has 0 amide bonds. The quantitative estimate of drug-likeness (QED) is 0.538. The van der Waals surface area contributed by atoms with Crippen LogP contribution in [0, 0.1) is 0 Å². The molecule has 3 heterocycles. The molecule has 0 fully saturated rings. The highest BCUT2D eigenvalue weighted by Gasteiger charge is 2.17. The molecule has 0 saturated carbocycles. The van der Waals surface area contributed by atoms with E-state index in [2.05, 4.69) is 9.97 Å². The van der Waals surface area contributed by atoms with Crippen molar-refractivity contribution < 1.29 is 14.3 Å². The van der Waals surface area contributed by atoms with Crippen molar-refractivity contribution in [3.63, 3.8) is 0 Å². The van der Waals surface area contributed by atoms with Crippen LogP contribution in [-0.4, -0.2) is 34.6 Å². The number of carbonyl (C=O) groups is 1. The number of hydrogen-bond donors (Lipinski definition) is 0. The first-order valence-corrected chi connectivity index (χ1v) is 7.70. The molecule has 0 spiro atoms. The van der Waals surface area contributed by atoms with E-state index in [1.165, 1.54) is 7.11 Å². The third-order valence-electron chi connectivity index (χ3n) is 4.16. The Kier molecular flexibility index (Phi) is 3.57. The number of rotatable bonds is 3. The summed E-state index contributed by atoms with van der Waals surface area (Å²) in [6, 6.07) is 13.4. The first-order chi connectivity index (χ1) is 12.2. The van der Waals surface area contributed by atoms with Crippen molar-refractivity contribution in [1.82, 2.24) is 14.4 Å². The smallest absolute Gasteiger partial charge is 0.356 e. The molecule has 6 nitrogen and oxygen atoms in total. The Hall–Kier alpha value is -3.41. The monoisotopic (exact) mass is 333 g/mol. The SMILES string of the molecule is COC(=O)c1cc2c(-c3ccc(OC)cc3)c3cccnc3n2cn1. The van der Waals surface area contributed by atoms with Gasteiger partial charge in [-0.3, -0.25) is 4.40 Å². The van der Waals surface area contributed by atoms with Gasteiger partial charge in [0.1, 0.15) is 17.7 Å². The molecule has 0 N–H and O–H groups in total. The number of methoxy groups -OCH3 is 2. The standard InChI is InChI=1S/C19H15N3O3/c1-24-13-7-5-12(6-8-13)17-14-4-3-9-20-18(14)22-11-21-15(10-16(17)22)19(23)25-2/h3-11H,1-2H3. The molecule has 0 saturated heterocycles. The molecular weight excluding hydrogens is 318 g/mol. The van der Waals surface area contributed by atoms with E-state index in [9.17, 15) is 4.79 Å². The van der Waals surface area contributed by atoms with Crippen LogP contribution in [0.1, 0.15) is 10.5 Å². The Morgan fingerprint density at radius 1 is 1.08 bits per heavy atom. The zero-order valence-corrected chi connectivity index (χ0v) is 13.8. The van der Waals surface area contributed by atoms with Crippen LogP contribution >= 0.6 is 0 Å². The van der Waals surface area contributed by atoms with Crippen molar-refractivity contribution in [2.75, 3.05) is 14.2 Å². The van der Waals surface area contributed by atoms with Gasteiger partial charge < -0.3 is 9.47 Å². The van der Waals surface area contributed by atoms with E-state index in [1.54, 1.807) is 25.7 Å². The first kappa shape index (κ1) is 15.1. The number of nitrogens with zero attached hydrogens (tertiary/aromatic N) is 3. The van der Waals surface area contributed by atoms with Crippen molar-refractivity contribution in [3.8, 4) is 16.9 Å². The molecule has 0 aliphatic heterocycles. The van der Waals surface area contributed by atoms with E-state index in [-0.39, 0.29) is 5.69 Å².